The first kappa shape index (κ1) is 16.3. The molecule has 1 fully saturated rings. The van der Waals surface area contributed by atoms with Crippen molar-refractivity contribution in [1.82, 2.24) is 10.6 Å². The van der Waals surface area contributed by atoms with Gasteiger partial charge in [-0.3, -0.25) is 4.79 Å². The van der Waals surface area contributed by atoms with Crippen LogP contribution in [0.5, 0.6) is 0 Å². The predicted molar refractivity (Wildman–Crippen MR) is 67.6 cm³/mol. The Kier molecular flexibility index (Phi) is 4.55. The quantitative estimate of drug-likeness (QED) is 0.833. The molecule has 0 saturated carbocycles. The van der Waals surface area contributed by atoms with Gasteiger partial charge >= 0.3 is 6.18 Å². The summed E-state index contributed by atoms with van der Waals surface area (Å²) in [6, 6.07) is 0. The Morgan fingerprint density at radius 3 is 2.32 bits per heavy atom. The molecule has 6 heteroatoms. The van der Waals surface area contributed by atoms with Crippen LogP contribution in [-0.2, 0) is 4.79 Å². The normalized spacial score (nSPS) is 26.3. The van der Waals surface area contributed by atoms with Gasteiger partial charge < -0.3 is 10.6 Å². The number of halogens is 3. The summed E-state index contributed by atoms with van der Waals surface area (Å²) < 4.78 is 39.4. The summed E-state index contributed by atoms with van der Waals surface area (Å²) in [7, 11) is 0. The van der Waals surface area contributed by atoms with Gasteiger partial charge in [-0.15, -0.1) is 0 Å². The highest BCUT2D eigenvalue weighted by Gasteiger charge is 2.61. The third-order valence-electron chi connectivity index (χ3n) is 4.18. The van der Waals surface area contributed by atoms with Crippen molar-refractivity contribution in [2.45, 2.75) is 40.3 Å². The molecule has 1 saturated heterocycles. The maximum atomic E-state index is 13.1. The van der Waals surface area contributed by atoms with Gasteiger partial charge in [0.15, 0.2) is 5.41 Å². The molecule has 0 aromatic carbocycles. The second kappa shape index (κ2) is 5.31. The molecule has 2 unspecified atom stereocenters. The van der Waals surface area contributed by atoms with E-state index < -0.39 is 17.5 Å². The number of hydrogen-bond donors (Lipinski definition) is 2. The smallest absolute Gasteiger partial charge is 0.355 e. The summed E-state index contributed by atoms with van der Waals surface area (Å²) in [6.07, 6.45) is -4.70. The Bertz CT molecular complexity index is 328. The first-order valence-electron chi connectivity index (χ1n) is 6.56. The SMILES string of the molecule is CC(CNC(=O)C1(C(F)(F)F)CCNC1)C(C)(C)C. The van der Waals surface area contributed by atoms with E-state index in [2.05, 4.69) is 10.6 Å². The number of carbonyl (C=O) groups excluding carboxylic acids is 1. The van der Waals surface area contributed by atoms with Crippen LogP contribution in [0.2, 0.25) is 0 Å². The maximum absolute atomic E-state index is 13.1. The Morgan fingerprint density at radius 1 is 1.37 bits per heavy atom. The molecule has 0 aromatic rings. The highest BCUT2D eigenvalue weighted by molar-refractivity contribution is 5.84. The molecule has 1 aliphatic rings. The lowest BCUT2D eigenvalue weighted by molar-refractivity contribution is -0.216. The third kappa shape index (κ3) is 3.41. The molecule has 2 atom stereocenters. The van der Waals surface area contributed by atoms with Crippen molar-refractivity contribution in [3.05, 3.63) is 0 Å². The number of alkyl halides is 3. The van der Waals surface area contributed by atoms with E-state index in [4.69, 9.17) is 0 Å². The fraction of sp³-hybridized carbons (Fsp3) is 0.923. The van der Waals surface area contributed by atoms with Crippen LogP contribution in [0.1, 0.15) is 34.1 Å². The van der Waals surface area contributed by atoms with Crippen LogP contribution in [0.25, 0.3) is 0 Å². The van der Waals surface area contributed by atoms with Crippen molar-refractivity contribution in [2.24, 2.45) is 16.7 Å². The molecule has 112 valence electrons. The molecule has 2 N–H and O–H groups in total. The number of hydrogen-bond acceptors (Lipinski definition) is 2. The lowest BCUT2D eigenvalue weighted by Gasteiger charge is -2.32. The van der Waals surface area contributed by atoms with Gasteiger partial charge in [-0.05, 0) is 24.3 Å². The van der Waals surface area contributed by atoms with Crippen molar-refractivity contribution in [3.63, 3.8) is 0 Å². The van der Waals surface area contributed by atoms with Gasteiger partial charge in [-0.25, -0.2) is 0 Å². The van der Waals surface area contributed by atoms with E-state index >= 15 is 0 Å². The van der Waals surface area contributed by atoms with Gasteiger partial charge in [-0.1, -0.05) is 27.7 Å². The number of amides is 1. The van der Waals surface area contributed by atoms with Crippen molar-refractivity contribution in [1.29, 1.82) is 0 Å². The molecule has 1 heterocycles. The minimum atomic E-state index is -4.51. The van der Waals surface area contributed by atoms with E-state index in [9.17, 15) is 18.0 Å². The van der Waals surface area contributed by atoms with E-state index in [-0.39, 0.29) is 37.4 Å². The van der Waals surface area contributed by atoms with Crippen LogP contribution in [0.3, 0.4) is 0 Å². The van der Waals surface area contributed by atoms with Crippen LogP contribution in [0.15, 0.2) is 0 Å². The summed E-state index contributed by atoms with van der Waals surface area (Å²) in [5.74, 6) is -0.794. The average Bonchev–Trinajstić information content (AvgIpc) is 2.73. The molecular formula is C13H23F3N2O. The van der Waals surface area contributed by atoms with Crippen molar-refractivity contribution < 1.29 is 18.0 Å². The Morgan fingerprint density at radius 2 is 1.95 bits per heavy atom. The summed E-state index contributed by atoms with van der Waals surface area (Å²) in [5.41, 5.74) is -2.31. The fourth-order valence-corrected chi connectivity index (χ4v) is 1.98. The topological polar surface area (TPSA) is 41.1 Å². The molecule has 1 aliphatic heterocycles. The Hall–Kier alpha value is -0.780. The zero-order valence-corrected chi connectivity index (χ0v) is 11.9. The van der Waals surface area contributed by atoms with E-state index in [1.54, 1.807) is 0 Å². The minimum Gasteiger partial charge on any atom is -0.355 e. The van der Waals surface area contributed by atoms with Gasteiger partial charge in [-0.2, -0.15) is 13.2 Å². The summed E-state index contributed by atoms with van der Waals surface area (Å²) >= 11 is 0. The van der Waals surface area contributed by atoms with Crippen LogP contribution < -0.4 is 10.6 Å². The van der Waals surface area contributed by atoms with Crippen molar-refractivity contribution >= 4 is 5.91 Å². The fourth-order valence-electron chi connectivity index (χ4n) is 1.98. The molecule has 3 nitrogen and oxygen atoms in total. The van der Waals surface area contributed by atoms with Crippen molar-refractivity contribution in [3.8, 4) is 0 Å². The minimum absolute atomic E-state index is 0.0490. The summed E-state index contributed by atoms with van der Waals surface area (Å²) in [6.45, 7) is 8.09. The molecule has 0 spiro atoms. The van der Waals surface area contributed by atoms with Crippen LogP contribution in [0.4, 0.5) is 13.2 Å². The number of rotatable bonds is 3. The zero-order valence-electron chi connectivity index (χ0n) is 11.9. The van der Waals surface area contributed by atoms with E-state index in [0.717, 1.165) is 0 Å². The van der Waals surface area contributed by atoms with Gasteiger partial charge in [0, 0.05) is 13.1 Å². The number of nitrogens with one attached hydrogen (secondary N) is 2. The molecule has 1 rings (SSSR count). The molecule has 1 amide bonds. The monoisotopic (exact) mass is 280 g/mol. The zero-order chi connectivity index (χ0) is 14.9. The van der Waals surface area contributed by atoms with Gasteiger partial charge in [0.25, 0.3) is 0 Å². The van der Waals surface area contributed by atoms with Gasteiger partial charge in [0.05, 0.1) is 0 Å². The van der Waals surface area contributed by atoms with Crippen molar-refractivity contribution in [2.75, 3.05) is 19.6 Å². The van der Waals surface area contributed by atoms with Gasteiger partial charge in [0.2, 0.25) is 5.91 Å². The Balaban J connectivity index is 2.71. The highest BCUT2D eigenvalue weighted by atomic mass is 19.4. The molecule has 0 radical (unpaired) electrons. The third-order valence-corrected chi connectivity index (χ3v) is 4.18. The average molecular weight is 280 g/mol. The first-order chi connectivity index (χ1) is 8.51. The van der Waals surface area contributed by atoms with E-state index in [1.807, 2.05) is 27.7 Å². The van der Waals surface area contributed by atoms with Crippen LogP contribution in [-0.4, -0.2) is 31.7 Å². The predicted octanol–water partition coefficient (Wildman–Crippen LogP) is 2.33. The van der Waals surface area contributed by atoms with Crippen LogP contribution in [0, 0.1) is 16.7 Å². The second-order valence-corrected chi connectivity index (χ2v) is 6.48. The standard InChI is InChI=1S/C13H23F3N2O/c1-9(11(2,3)4)7-18-10(19)12(13(14,15)16)5-6-17-8-12/h9,17H,5-8H2,1-4H3,(H,18,19). The Labute approximate surface area is 112 Å². The molecule has 19 heavy (non-hydrogen) atoms. The molecule has 0 aliphatic carbocycles. The lowest BCUT2D eigenvalue weighted by atomic mass is 9.81. The van der Waals surface area contributed by atoms with Gasteiger partial charge in [0.1, 0.15) is 0 Å². The lowest BCUT2D eigenvalue weighted by Crippen LogP contribution is -2.53. The largest absolute Gasteiger partial charge is 0.404 e. The molecular weight excluding hydrogens is 257 g/mol. The summed E-state index contributed by atoms with van der Waals surface area (Å²) in [5, 5.41) is 5.12. The molecule has 0 bridgehead atoms. The van der Waals surface area contributed by atoms with E-state index in [1.165, 1.54) is 0 Å². The summed E-state index contributed by atoms with van der Waals surface area (Å²) in [4.78, 5) is 12.0. The van der Waals surface area contributed by atoms with Crippen LogP contribution >= 0.6 is 0 Å². The number of carbonyl (C=O) groups is 1. The highest BCUT2D eigenvalue weighted by Crippen LogP contribution is 2.43. The first-order valence-corrected chi connectivity index (χ1v) is 6.56. The maximum Gasteiger partial charge on any atom is 0.404 e. The second-order valence-electron chi connectivity index (χ2n) is 6.48. The molecule has 0 aromatic heterocycles. The van der Waals surface area contributed by atoms with E-state index in [0.29, 0.717) is 0 Å².